The van der Waals surface area contributed by atoms with E-state index in [4.69, 9.17) is 5.73 Å². The Morgan fingerprint density at radius 2 is 2.25 bits per heavy atom. The summed E-state index contributed by atoms with van der Waals surface area (Å²) in [6, 6.07) is 0. The van der Waals surface area contributed by atoms with Gasteiger partial charge in [0.25, 0.3) is 0 Å². The Balaban J connectivity index is 3.29. The van der Waals surface area contributed by atoms with Crippen molar-refractivity contribution in [2.45, 2.75) is 11.9 Å². The van der Waals surface area contributed by atoms with Gasteiger partial charge in [-0.2, -0.15) is 5.10 Å². The summed E-state index contributed by atoms with van der Waals surface area (Å²) in [6.45, 7) is 1.56. The predicted molar refractivity (Wildman–Crippen MR) is 45.3 cm³/mol. The van der Waals surface area contributed by atoms with Crippen LogP contribution in [-0.4, -0.2) is 24.0 Å². The van der Waals surface area contributed by atoms with E-state index in [1.54, 1.807) is 14.0 Å². The van der Waals surface area contributed by atoms with E-state index >= 15 is 0 Å². The van der Waals surface area contributed by atoms with Crippen molar-refractivity contribution in [1.82, 2.24) is 9.78 Å². The number of sulfone groups is 1. The molecule has 2 N–H and O–H groups in total. The van der Waals surface area contributed by atoms with E-state index in [-0.39, 0.29) is 16.5 Å². The molecule has 0 fully saturated rings. The zero-order valence-electron chi connectivity index (χ0n) is 6.98. The average Bonchev–Trinajstić information content (AvgIpc) is 2.31. The molecule has 1 heterocycles. The van der Waals surface area contributed by atoms with E-state index in [1.807, 2.05) is 0 Å². The summed E-state index contributed by atoms with van der Waals surface area (Å²) >= 11 is 0. The maximum atomic E-state index is 11.3. The predicted octanol–water partition coefficient (Wildman–Crippen LogP) is -0.204. The van der Waals surface area contributed by atoms with Crippen LogP contribution < -0.4 is 5.73 Å². The molecule has 0 saturated carbocycles. The van der Waals surface area contributed by atoms with Crippen molar-refractivity contribution in [3.8, 4) is 0 Å². The molecule has 0 saturated heterocycles. The summed E-state index contributed by atoms with van der Waals surface area (Å²) in [7, 11) is -1.63. The molecule has 68 valence electrons. The highest BCUT2D eigenvalue weighted by Crippen LogP contribution is 2.15. The number of nitrogens with zero attached hydrogens (tertiary/aromatic N) is 2. The smallest absolute Gasteiger partial charge is 0.199 e. The molecule has 1 aromatic heterocycles. The first-order chi connectivity index (χ1) is 5.47. The fourth-order valence-electron chi connectivity index (χ4n) is 0.865. The van der Waals surface area contributed by atoms with Crippen LogP contribution in [0.25, 0.3) is 0 Å². The summed E-state index contributed by atoms with van der Waals surface area (Å²) in [5.74, 6) is 0.0220. The third-order valence-corrected chi connectivity index (χ3v) is 3.16. The summed E-state index contributed by atoms with van der Waals surface area (Å²) in [5, 5.41) is 3.74. The fourth-order valence-corrected chi connectivity index (χ4v) is 1.80. The highest BCUT2D eigenvalue weighted by Gasteiger charge is 2.18. The highest BCUT2D eigenvalue weighted by atomic mass is 32.2. The summed E-state index contributed by atoms with van der Waals surface area (Å²) in [4.78, 5) is 0. The molecule has 0 spiro atoms. The number of aromatic nitrogens is 2. The van der Waals surface area contributed by atoms with Crippen molar-refractivity contribution in [3.05, 3.63) is 6.20 Å². The third-order valence-electron chi connectivity index (χ3n) is 1.50. The van der Waals surface area contributed by atoms with Gasteiger partial charge in [-0.1, -0.05) is 6.92 Å². The number of nitrogens with two attached hydrogens (primary N) is 1. The minimum atomic E-state index is -3.26. The molecule has 1 aromatic rings. The number of rotatable bonds is 2. The molecule has 0 aliphatic rings. The SMILES string of the molecule is CCS(=O)(=O)c1nn(C)cc1N. The molecule has 0 aliphatic carbocycles. The molecular weight excluding hydrogens is 178 g/mol. The second kappa shape index (κ2) is 2.78. The Hall–Kier alpha value is -1.04. The van der Waals surface area contributed by atoms with Crippen molar-refractivity contribution in [3.63, 3.8) is 0 Å². The number of hydrogen-bond donors (Lipinski definition) is 1. The van der Waals surface area contributed by atoms with Gasteiger partial charge in [0, 0.05) is 13.2 Å². The molecule has 5 nitrogen and oxygen atoms in total. The van der Waals surface area contributed by atoms with Gasteiger partial charge in [-0.15, -0.1) is 0 Å². The summed E-state index contributed by atoms with van der Waals surface area (Å²) in [6.07, 6.45) is 1.47. The fraction of sp³-hybridized carbons (Fsp3) is 0.500. The lowest BCUT2D eigenvalue weighted by Crippen LogP contribution is -2.07. The monoisotopic (exact) mass is 189 g/mol. The van der Waals surface area contributed by atoms with Crippen LogP contribution in [-0.2, 0) is 16.9 Å². The molecule has 6 heteroatoms. The first kappa shape index (κ1) is 9.05. The van der Waals surface area contributed by atoms with Crippen LogP contribution >= 0.6 is 0 Å². The number of anilines is 1. The molecule has 1 rings (SSSR count). The van der Waals surface area contributed by atoms with Gasteiger partial charge in [-0.3, -0.25) is 4.68 Å². The van der Waals surface area contributed by atoms with Crippen LogP contribution in [0.2, 0.25) is 0 Å². The standard InChI is InChI=1S/C6H11N3O2S/c1-3-12(10,11)6-5(7)4-9(2)8-6/h4H,3,7H2,1-2H3. The zero-order valence-corrected chi connectivity index (χ0v) is 7.80. The van der Waals surface area contributed by atoms with Gasteiger partial charge < -0.3 is 5.73 Å². The number of nitrogen functional groups attached to an aromatic ring is 1. The van der Waals surface area contributed by atoms with Crippen LogP contribution in [0, 0.1) is 0 Å². The molecule has 0 aliphatic heterocycles. The van der Waals surface area contributed by atoms with Gasteiger partial charge in [0.2, 0.25) is 0 Å². The number of hydrogen-bond acceptors (Lipinski definition) is 4. The van der Waals surface area contributed by atoms with Crippen molar-refractivity contribution < 1.29 is 8.42 Å². The normalized spacial score (nSPS) is 11.8. The maximum absolute atomic E-state index is 11.3. The van der Waals surface area contributed by atoms with Gasteiger partial charge in [0.1, 0.15) is 0 Å². The molecule has 12 heavy (non-hydrogen) atoms. The zero-order chi connectivity index (χ0) is 9.35. The average molecular weight is 189 g/mol. The summed E-state index contributed by atoms with van der Waals surface area (Å²) < 4.78 is 23.9. The molecule has 0 aromatic carbocycles. The minimum Gasteiger partial charge on any atom is -0.395 e. The second-order valence-corrected chi connectivity index (χ2v) is 4.66. The number of aryl methyl sites for hydroxylation is 1. The molecule has 0 atom stereocenters. The lowest BCUT2D eigenvalue weighted by atomic mass is 10.6. The molecular formula is C6H11N3O2S. The van der Waals surface area contributed by atoms with Crippen molar-refractivity contribution in [2.75, 3.05) is 11.5 Å². The largest absolute Gasteiger partial charge is 0.395 e. The first-order valence-corrected chi connectivity index (χ1v) is 5.14. The third kappa shape index (κ3) is 1.42. The van der Waals surface area contributed by atoms with Gasteiger partial charge in [0.05, 0.1) is 11.4 Å². The van der Waals surface area contributed by atoms with Crippen molar-refractivity contribution in [1.29, 1.82) is 0 Å². The topological polar surface area (TPSA) is 78.0 Å². The second-order valence-electron chi connectivity index (χ2n) is 2.47. The van der Waals surface area contributed by atoms with Crippen molar-refractivity contribution >= 4 is 15.5 Å². The van der Waals surface area contributed by atoms with E-state index in [9.17, 15) is 8.42 Å². The van der Waals surface area contributed by atoms with Crippen LogP contribution in [0.4, 0.5) is 5.69 Å². The van der Waals surface area contributed by atoms with E-state index < -0.39 is 9.84 Å². The molecule has 0 radical (unpaired) electrons. The van der Waals surface area contributed by atoms with Crippen molar-refractivity contribution in [2.24, 2.45) is 7.05 Å². The van der Waals surface area contributed by atoms with E-state index in [1.165, 1.54) is 10.9 Å². The quantitative estimate of drug-likeness (QED) is 0.698. The Morgan fingerprint density at radius 3 is 2.58 bits per heavy atom. The van der Waals surface area contributed by atoms with Gasteiger partial charge in [-0.05, 0) is 0 Å². The van der Waals surface area contributed by atoms with Crippen LogP contribution in [0.15, 0.2) is 11.2 Å². The first-order valence-electron chi connectivity index (χ1n) is 3.49. The maximum Gasteiger partial charge on any atom is 0.199 e. The lowest BCUT2D eigenvalue weighted by molar-refractivity contribution is 0.589. The van der Waals surface area contributed by atoms with E-state index in [0.717, 1.165) is 0 Å². The molecule has 0 amide bonds. The lowest BCUT2D eigenvalue weighted by Gasteiger charge is -1.95. The molecule has 0 unspecified atom stereocenters. The Morgan fingerprint density at radius 1 is 1.67 bits per heavy atom. The Bertz CT molecular complexity index is 379. The molecule has 0 bridgehead atoms. The minimum absolute atomic E-state index is 0.0208. The van der Waals surface area contributed by atoms with E-state index in [2.05, 4.69) is 5.10 Å². The Kier molecular flexibility index (Phi) is 2.10. The van der Waals surface area contributed by atoms with Crippen LogP contribution in [0.5, 0.6) is 0 Å². The van der Waals surface area contributed by atoms with Crippen LogP contribution in [0.1, 0.15) is 6.92 Å². The Labute approximate surface area is 71.1 Å². The van der Waals surface area contributed by atoms with Gasteiger partial charge in [0.15, 0.2) is 14.9 Å². The van der Waals surface area contributed by atoms with Gasteiger partial charge >= 0.3 is 0 Å². The summed E-state index contributed by atoms with van der Waals surface area (Å²) in [5.41, 5.74) is 5.65. The highest BCUT2D eigenvalue weighted by molar-refractivity contribution is 7.91. The van der Waals surface area contributed by atoms with E-state index in [0.29, 0.717) is 0 Å². The van der Waals surface area contributed by atoms with Crippen LogP contribution in [0.3, 0.4) is 0 Å². The van der Waals surface area contributed by atoms with Gasteiger partial charge in [-0.25, -0.2) is 8.42 Å².